The molecule has 0 aliphatic carbocycles. The number of carbonyl (C=O) groups excluding carboxylic acids is 2. The number of piperidine rings is 1. The summed E-state index contributed by atoms with van der Waals surface area (Å²) in [5.74, 6) is -0.614. The molecule has 3 fully saturated rings. The van der Waals surface area contributed by atoms with E-state index < -0.39 is 5.54 Å². The molecule has 0 spiro atoms. The Morgan fingerprint density at radius 1 is 1.08 bits per heavy atom. The molecule has 5 nitrogen and oxygen atoms in total. The molecular formula is C19H16BrN3O2. The van der Waals surface area contributed by atoms with Crippen LogP contribution in [0.3, 0.4) is 0 Å². The quantitative estimate of drug-likeness (QED) is 0.716. The van der Waals surface area contributed by atoms with Crippen LogP contribution in [0, 0.1) is 34.5 Å². The van der Waals surface area contributed by atoms with Crippen LogP contribution in [0.25, 0.3) is 0 Å². The van der Waals surface area contributed by atoms with Crippen molar-refractivity contribution in [2.45, 2.75) is 43.3 Å². The van der Waals surface area contributed by atoms with E-state index in [0.717, 1.165) is 4.47 Å². The van der Waals surface area contributed by atoms with Crippen molar-refractivity contribution in [1.82, 2.24) is 4.90 Å². The smallest absolute Gasteiger partial charge is 0.183 e. The first-order chi connectivity index (χ1) is 12.0. The van der Waals surface area contributed by atoms with Crippen molar-refractivity contribution >= 4 is 27.5 Å². The van der Waals surface area contributed by atoms with Gasteiger partial charge in [0.2, 0.25) is 0 Å². The highest BCUT2D eigenvalue weighted by Crippen LogP contribution is 2.55. The van der Waals surface area contributed by atoms with E-state index in [2.05, 4.69) is 33.0 Å². The zero-order valence-electron chi connectivity index (χ0n) is 13.5. The fourth-order valence-electron chi connectivity index (χ4n) is 5.03. The molecule has 0 bridgehead atoms. The summed E-state index contributed by atoms with van der Waals surface area (Å²) in [5.41, 5.74) is -0.236. The molecule has 0 aromatic heterocycles. The monoisotopic (exact) mass is 397 g/mol. The Labute approximate surface area is 154 Å². The summed E-state index contributed by atoms with van der Waals surface area (Å²) in [6.07, 6.45) is 1.43. The maximum Gasteiger partial charge on any atom is 0.183 e. The Bertz CT molecular complexity index is 800. The highest BCUT2D eigenvalue weighted by atomic mass is 79.9. The van der Waals surface area contributed by atoms with Crippen LogP contribution < -0.4 is 0 Å². The van der Waals surface area contributed by atoms with Gasteiger partial charge in [-0.15, -0.1) is 0 Å². The minimum absolute atomic E-state index is 0.0279. The van der Waals surface area contributed by atoms with Gasteiger partial charge in [-0.1, -0.05) is 28.1 Å². The second-order valence-corrected chi connectivity index (χ2v) is 8.15. The molecule has 3 aliphatic heterocycles. The van der Waals surface area contributed by atoms with Crippen molar-refractivity contribution in [2.75, 3.05) is 0 Å². The van der Waals surface area contributed by atoms with E-state index in [4.69, 9.17) is 0 Å². The molecule has 3 aliphatic rings. The molecule has 3 heterocycles. The SMILES string of the molecule is N#C[C@H]1CC2(C(=O)c3ccc(Br)cc3)C[C@H](C#N)[C@@H]3CC(=O)C[C@@H]1N32. The van der Waals surface area contributed by atoms with Gasteiger partial charge in [0.15, 0.2) is 5.78 Å². The Hall–Kier alpha value is -2.02. The van der Waals surface area contributed by atoms with Gasteiger partial charge in [0.05, 0.1) is 29.5 Å². The number of benzene rings is 1. The lowest BCUT2D eigenvalue weighted by Gasteiger charge is -2.40. The minimum Gasteiger partial charge on any atom is -0.300 e. The number of hydrogen-bond donors (Lipinski definition) is 0. The van der Waals surface area contributed by atoms with E-state index in [-0.39, 0.29) is 35.5 Å². The third-order valence-electron chi connectivity index (χ3n) is 5.99. The Balaban J connectivity index is 1.80. The number of hydrogen-bond acceptors (Lipinski definition) is 5. The molecule has 3 saturated heterocycles. The van der Waals surface area contributed by atoms with Crippen molar-refractivity contribution in [3.8, 4) is 12.1 Å². The zero-order valence-corrected chi connectivity index (χ0v) is 15.1. The van der Waals surface area contributed by atoms with Gasteiger partial charge in [-0.3, -0.25) is 14.5 Å². The maximum atomic E-state index is 13.4. The van der Waals surface area contributed by atoms with Gasteiger partial charge in [0.25, 0.3) is 0 Å². The lowest BCUT2D eigenvalue weighted by Crippen LogP contribution is -2.55. The van der Waals surface area contributed by atoms with Crippen molar-refractivity contribution in [3.63, 3.8) is 0 Å². The number of Topliss-reactive ketones (excluding diaryl/α,β-unsaturated/α-hetero) is 2. The van der Waals surface area contributed by atoms with Gasteiger partial charge >= 0.3 is 0 Å². The van der Waals surface area contributed by atoms with E-state index in [1.807, 2.05) is 12.1 Å². The molecule has 0 unspecified atom stereocenters. The lowest BCUT2D eigenvalue weighted by molar-refractivity contribution is -0.125. The van der Waals surface area contributed by atoms with Crippen molar-refractivity contribution in [2.24, 2.45) is 11.8 Å². The molecule has 0 radical (unpaired) electrons. The van der Waals surface area contributed by atoms with Gasteiger partial charge in [-0.25, -0.2) is 0 Å². The summed E-state index contributed by atoms with van der Waals surface area (Å²) < 4.78 is 0.892. The second kappa shape index (κ2) is 5.76. The van der Waals surface area contributed by atoms with Crippen LogP contribution in [0.5, 0.6) is 0 Å². The summed E-state index contributed by atoms with van der Waals surface area (Å²) in [6.45, 7) is 0. The number of nitrogens with zero attached hydrogens (tertiary/aromatic N) is 3. The van der Waals surface area contributed by atoms with Gasteiger partial charge in [-0.2, -0.15) is 10.5 Å². The van der Waals surface area contributed by atoms with Crippen LogP contribution in [-0.4, -0.2) is 34.1 Å². The van der Waals surface area contributed by atoms with Crippen molar-refractivity contribution < 1.29 is 9.59 Å². The highest BCUT2D eigenvalue weighted by Gasteiger charge is 2.66. The third-order valence-corrected chi connectivity index (χ3v) is 6.52. The van der Waals surface area contributed by atoms with E-state index in [0.29, 0.717) is 31.2 Å². The molecule has 0 N–H and O–H groups in total. The number of nitriles is 2. The fourth-order valence-corrected chi connectivity index (χ4v) is 5.29. The minimum atomic E-state index is -0.829. The largest absolute Gasteiger partial charge is 0.300 e. The predicted octanol–water partition coefficient (Wildman–Crippen LogP) is 2.86. The molecule has 25 heavy (non-hydrogen) atoms. The van der Waals surface area contributed by atoms with Gasteiger partial charge in [-0.05, 0) is 25.0 Å². The van der Waals surface area contributed by atoms with Gasteiger partial charge in [0.1, 0.15) is 5.78 Å². The molecule has 0 saturated carbocycles. The zero-order chi connectivity index (χ0) is 17.8. The Morgan fingerprint density at radius 3 is 2.08 bits per heavy atom. The number of halogens is 1. The van der Waals surface area contributed by atoms with E-state index >= 15 is 0 Å². The standard InChI is InChI=1S/C19H16BrN3O2/c20-14-3-1-11(2-4-14)18(25)19-7-12(9-21)16-5-15(24)6-17(23(16)19)13(8-19)10-22/h1-4,12-13,16-17H,5-8H2/t12-,13-,16+,17+/m1/s1. The normalized spacial score (nSPS) is 36.5. The summed E-state index contributed by atoms with van der Waals surface area (Å²) >= 11 is 3.38. The number of rotatable bonds is 2. The van der Waals surface area contributed by atoms with Crippen molar-refractivity contribution in [1.29, 1.82) is 10.5 Å². The molecule has 0 amide bonds. The average molecular weight is 398 g/mol. The topological polar surface area (TPSA) is 85.0 Å². The van der Waals surface area contributed by atoms with E-state index in [1.165, 1.54) is 0 Å². The first-order valence-corrected chi connectivity index (χ1v) is 9.19. The van der Waals surface area contributed by atoms with Crippen molar-refractivity contribution in [3.05, 3.63) is 34.3 Å². The van der Waals surface area contributed by atoms with Crippen LogP contribution in [0.4, 0.5) is 0 Å². The fraction of sp³-hybridized carbons (Fsp3) is 0.474. The van der Waals surface area contributed by atoms with Gasteiger partial charge < -0.3 is 0 Å². The highest BCUT2D eigenvalue weighted by molar-refractivity contribution is 9.10. The Kier molecular flexibility index (Phi) is 3.79. The van der Waals surface area contributed by atoms with Crippen LogP contribution in [0.2, 0.25) is 0 Å². The van der Waals surface area contributed by atoms with E-state index in [9.17, 15) is 20.1 Å². The number of ketones is 2. The maximum absolute atomic E-state index is 13.4. The van der Waals surface area contributed by atoms with Crippen LogP contribution in [0.15, 0.2) is 28.7 Å². The molecule has 1 aromatic carbocycles. The second-order valence-electron chi connectivity index (χ2n) is 7.24. The predicted molar refractivity (Wildman–Crippen MR) is 92.3 cm³/mol. The van der Waals surface area contributed by atoms with Crippen LogP contribution in [0.1, 0.15) is 36.0 Å². The Morgan fingerprint density at radius 2 is 1.60 bits per heavy atom. The van der Waals surface area contributed by atoms with Crippen LogP contribution in [-0.2, 0) is 4.79 Å². The van der Waals surface area contributed by atoms with E-state index in [1.54, 1.807) is 12.1 Å². The van der Waals surface area contributed by atoms with Crippen LogP contribution >= 0.6 is 15.9 Å². The first kappa shape index (κ1) is 16.4. The average Bonchev–Trinajstić information content (AvgIpc) is 3.10. The summed E-state index contributed by atoms with van der Waals surface area (Å²) in [5, 5.41) is 19.2. The summed E-state index contributed by atoms with van der Waals surface area (Å²) in [7, 11) is 0. The molecule has 4 atom stereocenters. The number of carbonyl (C=O) groups is 2. The summed E-state index contributed by atoms with van der Waals surface area (Å²) in [6, 6.07) is 11.3. The first-order valence-electron chi connectivity index (χ1n) is 8.40. The summed E-state index contributed by atoms with van der Waals surface area (Å²) in [4.78, 5) is 27.7. The lowest BCUT2D eigenvalue weighted by atomic mass is 9.79. The van der Waals surface area contributed by atoms with Gasteiger partial charge in [0, 0.05) is 35.0 Å². The molecule has 6 heteroatoms. The molecule has 1 aromatic rings. The third kappa shape index (κ3) is 2.28. The molecule has 126 valence electrons. The molecule has 4 rings (SSSR count). The molecular weight excluding hydrogens is 382 g/mol.